The van der Waals surface area contributed by atoms with Crippen molar-refractivity contribution in [1.29, 1.82) is 0 Å². The lowest BCUT2D eigenvalue weighted by molar-refractivity contribution is -0.402. The van der Waals surface area contributed by atoms with Crippen molar-refractivity contribution < 1.29 is 5.09 Å². The van der Waals surface area contributed by atoms with Gasteiger partial charge in [0.1, 0.15) is 15.9 Å². The topological polar surface area (TPSA) is 66.2 Å². The number of benzene rings is 3. The SMILES string of the molecule is O=[N+]([O-])[O-].c1ccc([PH+](c2ccccc2)c2ccccc2)cc1. The minimum atomic E-state index is -1.75. The molecule has 4 nitrogen and oxygen atoms in total. The van der Waals surface area contributed by atoms with E-state index in [1.54, 1.807) is 0 Å². The summed E-state index contributed by atoms with van der Waals surface area (Å²) in [4.78, 5) is 8.25. The normalized spacial score (nSPS) is 9.78. The molecule has 0 atom stereocenters. The highest BCUT2D eigenvalue weighted by Gasteiger charge is 2.24. The molecule has 5 heteroatoms. The zero-order valence-electron chi connectivity index (χ0n) is 12.3. The third kappa shape index (κ3) is 5.20. The van der Waals surface area contributed by atoms with Crippen molar-refractivity contribution in [3.8, 4) is 0 Å². The molecule has 3 rings (SSSR count). The molecule has 0 saturated carbocycles. The quantitative estimate of drug-likeness (QED) is 0.422. The molecule has 0 radical (unpaired) electrons. The first-order chi connectivity index (χ1) is 11.2. The second-order valence-corrected chi connectivity index (χ2v) is 7.18. The van der Waals surface area contributed by atoms with Gasteiger partial charge >= 0.3 is 0 Å². The largest absolute Gasteiger partial charge is 0.356 e. The number of rotatable bonds is 3. The van der Waals surface area contributed by atoms with Crippen molar-refractivity contribution in [1.82, 2.24) is 0 Å². The van der Waals surface area contributed by atoms with Crippen LogP contribution >= 0.6 is 7.92 Å². The predicted octanol–water partition coefficient (Wildman–Crippen LogP) is 2.94. The van der Waals surface area contributed by atoms with Gasteiger partial charge in [0.15, 0.2) is 0 Å². The van der Waals surface area contributed by atoms with Gasteiger partial charge in [-0.2, -0.15) is 0 Å². The minimum Gasteiger partial charge on any atom is -0.356 e. The molecule has 0 spiro atoms. The van der Waals surface area contributed by atoms with Gasteiger partial charge in [-0.25, -0.2) is 0 Å². The van der Waals surface area contributed by atoms with Gasteiger partial charge in [0, 0.05) is 0 Å². The molecule has 0 aliphatic heterocycles. The van der Waals surface area contributed by atoms with E-state index in [9.17, 15) is 0 Å². The fourth-order valence-corrected chi connectivity index (χ4v) is 4.89. The first-order valence-corrected chi connectivity index (χ1v) is 8.53. The Hall–Kier alpha value is -2.71. The Bertz CT molecular complexity index is 623. The summed E-state index contributed by atoms with van der Waals surface area (Å²) in [6.07, 6.45) is 0. The monoisotopic (exact) mass is 325 g/mol. The fraction of sp³-hybridized carbons (Fsp3) is 0. The van der Waals surface area contributed by atoms with Crippen molar-refractivity contribution in [2.45, 2.75) is 0 Å². The maximum Gasteiger partial charge on any atom is 0.102 e. The molecule has 0 N–H and O–H groups in total. The fourth-order valence-electron chi connectivity index (χ4n) is 2.31. The van der Waals surface area contributed by atoms with Crippen molar-refractivity contribution in [2.24, 2.45) is 0 Å². The van der Waals surface area contributed by atoms with Crippen LogP contribution in [-0.2, 0) is 0 Å². The van der Waals surface area contributed by atoms with Crippen LogP contribution in [0.3, 0.4) is 0 Å². The van der Waals surface area contributed by atoms with E-state index >= 15 is 0 Å². The summed E-state index contributed by atoms with van der Waals surface area (Å²) in [6.45, 7) is 0. The smallest absolute Gasteiger partial charge is 0.102 e. The van der Waals surface area contributed by atoms with E-state index in [1.807, 2.05) is 0 Å². The van der Waals surface area contributed by atoms with Gasteiger partial charge in [-0.15, -0.1) is 0 Å². The summed E-state index contributed by atoms with van der Waals surface area (Å²) < 4.78 is 0. The molecule has 0 heterocycles. The highest BCUT2D eigenvalue weighted by atomic mass is 31.1. The van der Waals surface area contributed by atoms with E-state index < -0.39 is 13.0 Å². The number of hydrogen-bond donors (Lipinski definition) is 0. The molecule has 0 unspecified atom stereocenters. The zero-order chi connectivity index (χ0) is 16.5. The molecule has 0 aromatic heterocycles. The van der Waals surface area contributed by atoms with Crippen LogP contribution < -0.4 is 15.9 Å². The van der Waals surface area contributed by atoms with Gasteiger partial charge in [-0.05, 0) is 36.4 Å². The number of nitrogens with zero attached hydrogens (tertiary/aromatic N) is 1. The molecule has 23 heavy (non-hydrogen) atoms. The standard InChI is InChI=1S/C18H15P.NO3/c1-4-10-16(11-5-1)19(17-12-6-2-7-13-17)18-14-8-3-9-15-18;2-1(3)4/h1-15H;/q;-1/p+1. The van der Waals surface area contributed by atoms with Gasteiger partial charge in [-0.3, -0.25) is 0 Å². The highest BCUT2D eigenvalue weighted by Crippen LogP contribution is 2.32. The Morgan fingerprint density at radius 2 is 0.783 bits per heavy atom. The lowest BCUT2D eigenvalue weighted by Crippen LogP contribution is -2.20. The van der Waals surface area contributed by atoms with Gasteiger partial charge in [0.2, 0.25) is 0 Å². The summed E-state index contributed by atoms with van der Waals surface area (Å²) in [5.74, 6) is 0. The maximum atomic E-state index is 8.25. The Labute approximate surface area is 135 Å². The van der Waals surface area contributed by atoms with Gasteiger partial charge in [0.05, 0.1) is 13.0 Å². The van der Waals surface area contributed by atoms with Crippen LogP contribution in [0.2, 0.25) is 0 Å². The first-order valence-electron chi connectivity index (χ1n) is 7.03. The molecule has 3 aromatic rings. The summed E-state index contributed by atoms with van der Waals surface area (Å²) in [5.41, 5.74) is 0. The van der Waals surface area contributed by atoms with Crippen molar-refractivity contribution in [2.75, 3.05) is 0 Å². The molecular weight excluding hydrogens is 309 g/mol. The van der Waals surface area contributed by atoms with E-state index in [4.69, 9.17) is 15.3 Å². The number of hydrogen-bond acceptors (Lipinski definition) is 3. The molecule has 0 fully saturated rings. The maximum absolute atomic E-state index is 8.25. The van der Waals surface area contributed by atoms with Crippen LogP contribution in [0.5, 0.6) is 0 Å². The van der Waals surface area contributed by atoms with Crippen molar-refractivity contribution in [3.63, 3.8) is 0 Å². The molecule has 0 aliphatic carbocycles. The second-order valence-electron chi connectivity index (χ2n) is 4.70. The Morgan fingerprint density at radius 3 is 1.00 bits per heavy atom. The minimum absolute atomic E-state index is 0.877. The van der Waals surface area contributed by atoms with Gasteiger partial charge in [0.25, 0.3) is 0 Å². The molecule has 0 amide bonds. The van der Waals surface area contributed by atoms with Crippen LogP contribution in [0.25, 0.3) is 0 Å². The molecule has 0 saturated heterocycles. The summed E-state index contributed by atoms with van der Waals surface area (Å²) in [5, 5.41) is 19.1. The van der Waals surface area contributed by atoms with Gasteiger partial charge in [-0.1, -0.05) is 54.6 Å². The molecule has 0 bridgehead atoms. The van der Waals surface area contributed by atoms with Crippen LogP contribution in [0.4, 0.5) is 0 Å². The average Bonchev–Trinajstić information content (AvgIpc) is 2.58. The first kappa shape index (κ1) is 16.7. The lowest BCUT2D eigenvalue weighted by atomic mass is 10.4. The van der Waals surface area contributed by atoms with Crippen LogP contribution in [0.15, 0.2) is 91.0 Å². The Balaban J connectivity index is 0.000000433. The van der Waals surface area contributed by atoms with E-state index in [-0.39, 0.29) is 0 Å². The molecule has 0 aliphatic rings. The van der Waals surface area contributed by atoms with E-state index in [2.05, 4.69) is 91.0 Å². The average molecular weight is 325 g/mol. The molecule has 3 aromatic carbocycles. The van der Waals surface area contributed by atoms with Crippen LogP contribution in [-0.4, -0.2) is 5.09 Å². The molecular formula is C18H16NO3P. The van der Waals surface area contributed by atoms with Gasteiger partial charge < -0.3 is 15.3 Å². The lowest BCUT2D eigenvalue weighted by Gasteiger charge is -2.10. The summed E-state index contributed by atoms with van der Waals surface area (Å²) >= 11 is 0. The summed E-state index contributed by atoms with van der Waals surface area (Å²) in [7, 11) is -0.877. The van der Waals surface area contributed by atoms with E-state index in [0.717, 1.165) is 0 Å². The van der Waals surface area contributed by atoms with E-state index in [1.165, 1.54) is 15.9 Å². The third-order valence-electron chi connectivity index (χ3n) is 3.19. The molecule has 116 valence electrons. The van der Waals surface area contributed by atoms with Crippen molar-refractivity contribution in [3.05, 3.63) is 106 Å². The second kappa shape index (κ2) is 8.66. The third-order valence-corrected chi connectivity index (χ3v) is 5.92. The highest BCUT2D eigenvalue weighted by molar-refractivity contribution is 7.79. The predicted molar refractivity (Wildman–Crippen MR) is 96.9 cm³/mol. The van der Waals surface area contributed by atoms with Crippen LogP contribution in [0.1, 0.15) is 0 Å². The van der Waals surface area contributed by atoms with Crippen LogP contribution in [0, 0.1) is 15.3 Å². The summed E-state index contributed by atoms with van der Waals surface area (Å²) in [6, 6.07) is 32.5. The Kier molecular flexibility index (Phi) is 6.28. The van der Waals surface area contributed by atoms with E-state index in [0.29, 0.717) is 0 Å². The Morgan fingerprint density at radius 1 is 0.565 bits per heavy atom. The van der Waals surface area contributed by atoms with Crippen molar-refractivity contribution >= 4 is 23.8 Å². The zero-order valence-corrected chi connectivity index (χ0v) is 13.3.